The lowest BCUT2D eigenvalue weighted by Crippen LogP contribution is -2.48. The number of piperazine rings is 1. The van der Waals surface area contributed by atoms with Gasteiger partial charge in [0.05, 0.1) is 0 Å². The van der Waals surface area contributed by atoms with Crippen molar-refractivity contribution < 1.29 is 4.79 Å². The summed E-state index contributed by atoms with van der Waals surface area (Å²) in [4.78, 5) is 28.8. The molecule has 29 heavy (non-hydrogen) atoms. The van der Waals surface area contributed by atoms with Gasteiger partial charge in [0.1, 0.15) is 5.69 Å². The van der Waals surface area contributed by atoms with Gasteiger partial charge in [0.15, 0.2) is 0 Å². The van der Waals surface area contributed by atoms with Crippen molar-refractivity contribution in [1.82, 2.24) is 19.8 Å². The van der Waals surface area contributed by atoms with Gasteiger partial charge in [-0.25, -0.2) is 9.97 Å². The van der Waals surface area contributed by atoms with Crippen LogP contribution in [0.3, 0.4) is 0 Å². The fourth-order valence-corrected chi connectivity index (χ4v) is 4.41. The maximum Gasteiger partial charge on any atom is 0.272 e. The molecule has 0 aliphatic carbocycles. The monoisotopic (exact) mass is 393 g/mol. The van der Waals surface area contributed by atoms with Crippen molar-refractivity contribution in [3.8, 4) is 0 Å². The van der Waals surface area contributed by atoms with Crippen LogP contribution in [0, 0.1) is 0 Å². The van der Waals surface area contributed by atoms with Gasteiger partial charge in [0.2, 0.25) is 5.95 Å². The SMILES string of the molecule is CCC1CCCCN1c1nccc(C(=O)N2CCN(Cc3ccccc3)CC2)n1. The second-order valence-corrected chi connectivity index (χ2v) is 8.05. The molecule has 2 aliphatic rings. The second kappa shape index (κ2) is 9.35. The molecule has 2 aliphatic heterocycles. The lowest BCUT2D eigenvalue weighted by molar-refractivity contribution is 0.0622. The summed E-state index contributed by atoms with van der Waals surface area (Å²) in [5, 5.41) is 0. The van der Waals surface area contributed by atoms with Gasteiger partial charge in [-0.15, -0.1) is 0 Å². The maximum atomic E-state index is 13.0. The van der Waals surface area contributed by atoms with E-state index in [1.54, 1.807) is 12.3 Å². The molecule has 2 saturated heterocycles. The van der Waals surface area contributed by atoms with Crippen molar-refractivity contribution >= 4 is 11.9 Å². The molecule has 1 aromatic carbocycles. The first-order valence-corrected chi connectivity index (χ1v) is 10.9. The zero-order chi connectivity index (χ0) is 20.1. The van der Waals surface area contributed by atoms with Crippen LogP contribution in [0.2, 0.25) is 0 Å². The Kier molecular flexibility index (Phi) is 6.39. The molecule has 154 valence electrons. The summed E-state index contributed by atoms with van der Waals surface area (Å²) in [7, 11) is 0. The summed E-state index contributed by atoms with van der Waals surface area (Å²) < 4.78 is 0. The fourth-order valence-electron chi connectivity index (χ4n) is 4.41. The van der Waals surface area contributed by atoms with E-state index in [-0.39, 0.29) is 5.91 Å². The molecule has 6 nitrogen and oxygen atoms in total. The van der Waals surface area contributed by atoms with Gasteiger partial charge < -0.3 is 9.80 Å². The third-order valence-corrected chi connectivity index (χ3v) is 6.13. The van der Waals surface area contributed by atoms with Crippen molar-refractivity contribution in [3.05, 3.63) is 53.9 Å². The fraction of sp³-hybridized carbons (Fsp3) is 0.522. The Balaban J connectivity index is 1.37. The molecule has 1 amide bonds. The minimum atomic E-state index is 0.0260. The molecule has 2 aromatic rings. The molecular formula is C23H31N5O. The van der Waals surface area contributed by atoms with E-state index in [9.17, 15) is 4.79 Å². The predicted octanol–water partition coefficient (Wildman–Crippen LogP) is 3.20. The predicted molar refractivity (Wildman–Crippen MR) is 115 cm³/mol. The van der Waals surface area contributed by atoms with E-state index in [4.69, 9.17) is 0 Å². The molecule has 4 rings (SSSR count). The first-order valence-electron chi connectivity index (χ1n) is 10.9. The number of amides is 1. The molecule has 1 atom stereocenters. The summed E-state index contributed by atoms with van der Waals surface area (Å²) in [5.41, 5.74) is 1.84. The van der Waals surface area contributed by atoms with Gasteiger partial charge in [-0.3, -0.25) is 9.69 Å². The molecule has 3 heterocycles. The van der Waals surface area contributed by atoms with E-state index in [0.29, 0.717) is 17.7 Å². The number of benzene rings is 1. The summed E-state index contributed by atoms with van der Waals surface area (Å²) in [6, 6.07) is 12.8. The van der Waals surface area contributed by atoms with E-state index in [1.165, 1.54) is 24.8 Å². The van der Waals surface area contributed by atoms with E-state index >= 15 is 0 Å². The number of hydrogen-bond acceptors (Lipinski definition) is 5. The van der Waals surface area contributed by atoms with Crippen LogP contribution < -0.4 is 4.90 Å². The third-order valence-electron chi connectivity index (χ3n) is 6.13. The van der Waals surface area contributed by atoms with Gasteiger partial charge in [-0.05, 0) is 37.3 Å². The smallest absolute Gasteiger partial charge is 0.272 e. The minimum Gasteiger partial charge on any atom is -0.338 e. The molecule has 0 saturated carbocycles. The summed E-state index contributed by atoms with van der Waals surface area (Å²) in [6.07, 6.45) is 6.44. The molecule has 1 unspecified atom stereocenters. The Morgan fingerprint density at radius 1 is 1.03 bits per heavy atom. The summed E-state index contributed by atoms with van der Waals surface area (Å²) in [6.45, 7) is 7.40. The number of rotatable bonds is 5. The van der Waals surface area contributed by atoms with Gasteiger partial charge in [-0.2, -0.15) is 0 Å². The van der Waals surface area contributed by atoms with Crippen molar-refractivity contribution in [2.24, 2.45) is 0 Å². The maximum absolute atomic E-state index is 13.0. The number of aromatic nitrogens is 2. The molecule has 2 fully saturated rings. The van der Waals surface area contributed by atoms with Crippen molar-refractivity contribution in [2.45, 2.75) is 45.2 Å². The summed E-state index contributed by atoms with van der Waals surface area (Å²) >= 11 is 0. The third kappa shape index (κ3) is 4.75. The van der Waals surface area contributed by atoms with Gasteiger partial charge >= 0.3 is 0 Å². The van der Waals surface area contributed by atoms with Gasteiger partial charge in [0, 0.05) is 51.5 Å². The lowest BCUT2D eigenvalue weighted by Gasteiger charge is -2.36. The average molecular weight is 394 g/mol. The van der Waals surface area contributed by atoms with Crippen LogP contribution in [-0.4, -0.2) is 64.4 Å². The topological polar surface area (TPSA) is 52.6 Å². The van der Waals surface area contributed by atoms with E-state index in [1.807, 2.05) is 11.0 Å². The Bertz CT molecular complexity index is 804. The standard InChI is InChI=1S/C23H31N5O/c1-2-20-10-6-7-13-28(20)23-24-12-11-21(25-23)22(29)27-16-14-26(15-17-27)18-19-8-4-3-5-9-19/h3-5,8-9,11-12,20H,2,6-7,10,13-18H2,1H3. The van der Waals surface area contributed by atoms with Gasteiger partial charge in [-0.1, -0.05) is 37.3 Å². The normalized spacial score (nSPS) is 20.7. The zero-order valence-corrected chi connectivity index (χ0v) is 17.3. The van der Waals surface area contributed by atoms with Crippen LogP contribution in [-0.2, 0) is 6.54 Å². The summed E-state index contributed by atoms with van der Waals surface area (Å²) in [5.74, 6) is 0.739. The Morgan fingerprint density at radius 3 is 2.59 bits per heavy atom. The molecular weight excluding hydrogens is 362 g/mol. The number of nitrogens with zero attached hydrogens (tertiary/aromatic N) is 5. The number of carbonyl (C=O) groups is 1. The molecule has 0 N–H and O–H groups in total. The van der Waals surface area contributed by atoms with Crippen LogP contribution in [0.1, 0.15) is 48.7 Å². The van der Waals surface area contributed by atoms with Crippen LogP contribution in [0.25, 0.3) is 0 Å². The number of hydrogen-bond donors (Lipinski definition) is 0. The molecule has 0 bridgehead atoms. The molecule has 1 aromatic heterocycles. The first-order chi connectivity index (χ1) is 14.2. The van der Waals surface area contributed by atoms with Crippen molar-refractivity contribution in [2.75, 3.05) is 37.6 Å². The van der Waals surface area contributed by atoms with Crippen LogP contribution in [0.5, 0.6) is 0 Å². The zero-order valence-electron chi connectivity index (χ0n) is 17.3. The minimum absolute atomic E-state index is 0.0260. The number of carbonyl (C=O) groups excluding carboxylic acids is 1. The van der Waals surface area contributed by atoms with E-state index in [0.717, 1.165) is 45.7 Å². The molecule has 0 spiro atoms. The van der Waals surface area contributed by atoms with Crippen LogP contribution in [0.4, 0.5) is 5.95 Å². The Morgan fingerprint density at radius 2 is 1.83 bits per heavy atom. The largest absolute Gasteiger partial charge is 0.338 e. The molecule has 6 heteroatoms. The Labute approximate surface area is 173 Å². The highest BCUT2D eigenvalue weighted by atomic mass is 16.2. The highest BCUT2D eigenvalue weighted by Gasteiger charge is 2.26. The molecule has 0 radical (unpaired) electrons. The number of anilines is 1. The highest BCUT2D eigenvalue weighted by molar-refractivity contribution is 5.92. The van der Waals surface area contributed by atoms with Crippen molar-refractivity contribution in [3.63, 3.8) is 0 Å². The Hall–Kier alpha value is -2.47. The van der Waals surface area contributed by atoms with Gasteiger partial charge in [0.25, 0.3) is 5.91 Å². The lowest BCUT2D eigenvalue weighted by atomic mass is 10.0. The van der Waals surface area contributed by atoms with E-state index in [2.05, 4.69) is 51.0 Å². The van der Waals surface area contributed by atoms with E-state index < -0.39 is 0 Å². The average Bonchev–Trinajstić information content (AvgIpc) is 2.80. The second-order valence-electron chi connectivity index (χ2n) is 8.05. The van der Waals surface area contributed by atoms with Crippen LogP contribution >= 0.6 is 0 Å². The first kappa shape index (κ1) is 19.8. The van der Waals surface area contributed by atoms with Crippen LogP contribution in [0.15, 0.2) is 42.6 Å². The highest BCUT2D eigenvalue weighted by Crippen LogP contribution is 2.24. The quantitative estimate of drug-likeness (QED) is 0.781. The van der Waals surface area contributed by atoms with Crippen molar-refractivity contribution in [1.29, 1.82) is 0 Å². The number of piperidine rings is 1.